The highest BCUT2D eigenvalue weighted by Crippen LogP contribution is 2.34. The predicted molar refractivity (Wildman–Crippen MR) is 85.1 cm³/mol. The molecule has 108 valence electrons. The van der Waals surface area contributed by atoms with Crippen molar-refractivity contribution in [2.24, 2.45) is 0 Å². The van der Waals surface area contributed by atoms with Crippen LogP contribution in [0.5, 0.6) is 5.75 Å². The summed E-state index contributed by atoms with van der Waals surface area (Å²) in [7, 11) is 1.61. The number of aliphatic hydroxyl groups is 1. The maximum absolute atomic E-state index is 10.6. The first-order valence-corrected chi connectivity index (χ1v) is 7.78. The van der Waals surface area contributed by atoms with Crippen molar-refractivity contribution in [2.45, 2.75) is 26.0 Å². The van der Waals surface area contributed by atoms with Crippen molar-refractivity contribution in [3.05, 3.63) is 44.6 Å². The molecule has 0 aliphatic rings. The molecule has 0 amide bonds. The molecule has 20 heavy (non-hydrogen) atoms. The van der Waals surface area contributed by atoms with Crippen LogP contribution in [0.3, 0.4) is 0 Å². The van der Waals surface area contributed by atoms with Crippen LogP contribution in [-0.4, -0.2) is 22.0 Å². The van der Waals surface area contributed by atoms with Gasteiger partial charge >= 0.3 is 0 Å². The average molecular weight is 404 g/mol. The van der Waals surface area contributed by atoms with Gasteiger partial charge < -0.3 is 9.84 Å². The van der Waals surface area contributed by atoms with Crippen LogP contribution >= 0.6 is 31.9 Å². The van der Waals surface area contributed by atoms with Crippen LogP contribution in [0.25, 0.3) is 0 Å². The lowest BCUT2D eigenvalue weighted by atomic mass is 10.1. The van der Waals surface area contributed by atoms with Crippen LogP contribution in [0.4, 0.5) is 0 Å². The SMILES string of the molecule is COc1ccc(C(O)c2c(Br)cnn2C(C)C)cc1Br. The number of hydrogen-bond donors (Lipinski definition) is 1. The summed E-state index contributed by atoms with van der Waals surface area (Å²) in [5, 5.41) is 14.9. The van der Waals surface area contributed by atoms with Gasteiger partial charge in [-0.3, -0.25) is 4.68 Å². The fourth-order valence-corrected chi connectivity index (χ4v) is 3.08. The first-order valence-electron chi connectivity index (χ1n) is 6.20. The molecule has 1 aromatic carbocycles. The monoisotopic (exact) mass is 402 g/mol. The predicted octanol–water partition coefficient (Wildman–Crippen LogP) is 4.08. The highest BCUT2D eigenvalue weighted by atomic mass is 79.9. The summed E-state index contributed by atoms with van der Waals surface area (Å²) in [4.78, 5) is 0. The normalized spacial score (nSPS) is 12.8. The van der Waals surface area contributed by atoms with Gasteiger partial charge in [0.2, 0.25) is 0 Å². The lowest BCUT2D eigenvalue weighted by molar-refractivity contribution is 0.204. The van der Waals surface area contributed by atoms with E-state index in [1.807, 2.05) is 36.7 Å². The van der Waals surface area contributed by atoms with Crippen LogP contribution in [0.1, 0.15) is 37.3 Å². The topological polar surface area (TPSA) is 47.3 Å². The zero-order chi connectivity index (χ0) is 14.9. The molecule has 1 heterocycles. The fraction of sp³-hybridized carbons (Fsp3) is 0.357. The summed E-state index contributed by atoms with van der Waals surface area (Å²) < 4.78 is 8.62. The van der Waals surface area contributed by atoms with Crippen molar-refractivity contribution in [1.29, 1.82) is 0 Å². The Balaban J connectivity index is 2.43. The molecule has 1 aromatic heterocycles. The fourth-order valence-electron chi connectivity index (χ4n) is 2.03. The minimum Gasteiger partial charge on any atom is -0.496 e. The van der Waals surface area contributed by atoms with Crippen molar-refractivity contribution in [1.82, 2.24) is 9.78 Å². The van der Waals surface area contributed by atoms with E-state index in [1.54, 1.807) is 13.3 Å². The Bertz CT molecular complexity index is 611. The third-order valence-corrected chi connectivity index (χ3v) is 4.26. The molecule has 0 spiro atoms. The average Bonchev–Trinajstić information content (AvgIpc) is 2.80. The molecule has 6 heteroatoms. The van der Waals surface area contributed by atoms with Crippen molar-refractivity contribution in [3.8, 4) is 5.75 Å². The van der Waals surface area contributed by atoms with Crippen LogP contribution < -0.4 is 4.74 Å². The van der Waals surface area contributed by atoms with Gasteiger partial charge in [-0.05, 0) is 63.4 Å². The maximum Gasteiger partial charge on any atom is 0.133 e. The third kappa shape index (κ3) is 2.92. The third-order valence-electron chi connectivity index (χ3n) is 3.03. The van der Waals surface area contributed by atoms with Crippen molar-refractivity contribution in [2.75, 3.05) is 7.11 Å². The molecule has 2 aromatic rings. The summed E-state index contributed by atoms with van der Waals surface area (Å²) in [5.74, 6) is 0.734. The van der Waals surface area contributed by atoms with Crippen molar-refractivity contribution >= 4 is 31.9 Å². The second-order valence-electron chi connectivity index (χ2n) is 4.71. The molecule has 0 radical (unpaired) electrons. The zero-order valence-corrected chi connectivity index (χ0v) is 14.6. The standard InChI is InChI=1S/C14H16Br2N2O2/c1-8(2)18-13(11(16)7-17-18)14(19)9-4-5-12(20-3)10(15)6-9/h4-8,14,19H,1-3H3. The van der Waals surface area contributed by atoms with E-state index in [1.165, 1.54) is 0 Å². The number of rotatable bonds is 4. The smallest absolute Gasteiger partial charge is 0.133 e. The number of halogens is 2. The van der Waals surface area contributed by atoms with E-state index in [0.29, 0.717) is 0 Å². The molecule has 1 unspecified atom stereocenters. The van der Waals surface area contributed by atoms with Gasteiger partial charge in [0.15, 0.2) is 0 Å². The van der Waals surface area contributed by atoms with E-state index in [-0.39, 0.29) is 6.04 Å². The van der Waals surface area contributed by atoms with Gasteiger partial charge in [-0.25, -0.2) is 0 Å². The number of ether oxygens (including phenoxy) is 1. The highest BCUT2D eigenvalue weighted by Gasteiger charge is 2.21. The van der Waals surface area contributed by atoms with Crippen LogP contribution in [0.15, 0.2) is 33.3 Å². The molecule has 2 rings (SSSR count). The van der Waals surface area contributed by atoms with Crippen LogP contribution in [-0.2, 0) is 0 Å². The summed E-state index contributed by atoms with van der Waals surface area (Å²) in [5.41, 5.74) is 1.53. The Morgan fingerprint density at radius 2 is 1.95 bits per heavy atom. The molecule has 0 aliphatic carbocycles. The molecule has 4 nitrogen and oxygen atoms in total. The first kappa shape index (κ1) is 15.5. The van der Waals surface area contributed by atoms with Gasteiger partial charge in [0.25, 0.3) is 0 Å². The summed E-state index contributed by atoms with van der Waals surface area (Å²) in [6.07, 6.45) is 0.952. The summed E-state index contributed by atoms with van der Waals surface area (Å²) >= 11 is 6.88. The Morgan fingerprint density at radius 1 is 1.25 bits per heavy atom. The molecule has 0 aliphatic heterocycles. The lowest BCUT2D eigenvalue weighted by Crippen LogP contribution is -2.12. The zero-order valence-electron chi connectivity index (χ0n) is 11.5. The Kier molecular flexibility index (Phi) is 4.88. The minimum absolute atomic E-state index is 0.174. The van der Waals surface area contributed by atoms with E-state index in [4.69, 9.17) is 4.74 Å². The molecule has 1 N–H and O–H groups in total. The van der Waals surface area contributed by atoms with E-state index < -0.39 is 6.10 Å². The Morgan fingerprint density at radius 3 is 2.50 bits per heavy atom. The van der Waals surface area contributed by atoms with Gasteiger partial charge in [0, 0.05) is 6.04 Å². The van der Waals surface area contributed by atoms with Crippen LogP contribution in [0.2, 0.25) is 0 Å². The van der Waals surface area contributed by atoms with E-state index in [9.17, 15) is 5.11 Å². The Hall–Kier alpha value is -0.850. The van der Waals surface area contributed by atoms with Gasteiger partial charge in [-0.1, -0.05) is 6.07 Å². The number of hydrogen-bond acceptors (Lipinski definition) is 3. The van der Waals surface area contributed by atoms with E-state index in [2.05, 4.69) is 37.0 Å². The number of nitrogens with zero attached hydrogens (tertiary/aromatic N) is 2. The lowest BCUT2D eigenvalue weighted by Gasteiger charge is -2.17. The molecular formula is C14H16Br2N2O2. The molecule has 0 bridgehead atoms. The van der Waals surface area contributed by atoms with Gasteiger partial charge in [-0.15, -0.1) is 0 Å². The summed E-state index contributed by atoms with van der Waals surface area (Å²) in [6.45, 7) is 4.05. The van der Waals surface area contributed by atoms with Gasteiger partial charge in [0.05, 0.1) is 27.9 Å². The van der Waals surface area contributed by atoms with Gasteiger partial charge in [-0.2, -0.15) is 5.10 Å². The quantitative estimate of drug-likeness (QED) is 0.836. The summed E-state index contributed by atoms with van der Waals surface area (Å²) in [6, 6.07) is 5.70. The van der Waals surface area contributed by atoms with E-state index in [0.717, 1.165) is 26.0 Å². The van der Waals surface area contributed by atoms with Crippen molar-refractivity contribution < 1.29 is 9.84 Å². The molecule has 0 fully saturated rings. The maximum atomic E-state index is 10.6. The second-order valence-corrected chi connectivity index (χ2v) is 6.42. The number of benzene rings is 1. The number of aliphatic hydroxyl groups excluding tert-OH is 1. The van der Waals surface area contributed by atoms with Gasteiger partial charge in [0.1, 0.15) is 11.9 Å². The molecular weight excluding hydrogens is 388 g/mol. The molecule has 1 atom stereocenters. The second kappa shape index (κ2) is 6.28. The van der Waals surface area contributed by atoms with Crippen molar-refractivity contribution in [3.63, 3.8) is 0 Å². The number of aromatic nitrogens is 2. The highest BCUT2D eigenvalue weighted by molar-refractivity contribution is 9.10. The molecule has 0 saturated carbocycles. The first-order chi connectivity index (χ1) is 9.45. The minimum atomic E-state index is -0.753. The number of methoxy groups -OCH3 is 1. The largest absolute Gasteiger partial charge is 0.496 e. The Labute approximate surface area is 135 Å². The van der Waals surface area contributed by atoms with E-state index >= 15 is 0 Å². The molecule has 0 saturated heterocycles. The van der Waals surface area contributed by atoms with Crippen LogP contribution in [0, 0.1) is 0 Å².